The number of nitrogens with two attached hydrogens (primary N) is 1. The van der Waals surface area contributed by atoms with Crippen molar-refractivity contribution in [3.05, 3.63) is 18.3 Å². The lowest BCUT2D eigenvalue weighted by Gasteiger charge is -2.08. The van der Waals surface area contributed by atoms with Gasteiger partial charge in [0.15, 0.2) is 11.6 Å². The number of methoxy groups -OCH3 is 2. The second-order valence-corrected chi connectivity index (χ2v) is 3.01. The Morgan fingerprint density at radius 1 is 1.31 bits per heavy atom. The second-order valence-electron chi connectivity index (χ2n) is 3.01. The van der Waals surface area contributed by atoms with Crippen LogP contribution in [-0.2, 0) is 0 Å². The molecule has 6 heteroatoms. The van der Waals surface area contributed by atoms with Crippen LogP contribution in [0.1, 0.15) is 0 Å². The highest BCUT2D eigenvalue weighted by molar-refractivity contribution is 5.72. The summed E-state index contributed by atoms with van der Waals surface area (Å²) in [6, 6.07) is 3.29. The van der Waals surface area contributed by atoms with Crippen LogP contribution in [0.15, 0.2) is 22.9 Å². The van der Waals surface area contributed by atoms with E-state index in [1.54, 1.807) is 25.4 Å². The van der Waals surface area contributed by atoms with Crippen LogP contribution in [0.3, 0.4) is 0 Å². The van der Waals surface area contributed by atoms with E-state index in [0.29, 0.717) is 28.8 Å². The Morgan fingerprint density at radius 3 is 2.69 bits per heavy atom. The smallest absolute Gasteiger partial charge is 0.228 e. The fraction of sp³-hybridized carbons (Fsp3) is 0.200. The van der Waals surface area contributed by atoms with Gasteiger partial charge in [-0.2, -0.15) is 0 Å². The summed E-state index contributed by atoms with van der Waals surface area (Å²) in [5, 5.41) is 3.61. The molecule has 2 N–H and O–H groups in total. The second kappa shape index (κ2) is 4.09. The zero-order chi connectivity index (χ0) is 11.5. The first-order chi connectivity index (χ1) is 7.76. The van der Waals surface area contributed by atoms with E-state index in [9.17, 15) is 0 Å². The Kier molecular flexibility index (Phi) is 2.63. The van der Waals surface area contributed by atoms with Crippen molar-refractivity contribution in [3.63, 3.8) is 0 Å². The molecule has 0 bridgehead atoms. The molecule has 0 saturated heterocycles. The molecule has 0 radical (unpaired) electrons. The SMILES string of the molecule is COc1ccnc(OC)c1-c1cc(N)no1. The fourth-order valence-corrected chi connectivity index (χ4v) is 1.38. The van der Waals surface area contributed by atoms with Gasteiger partial charge < -0.3 is 19.7 Å². The van der Waals surface area contributed by atoms with Crippen molar-refractivity contribution in [3.8, 4) is 23.0 Å². The lowest BCUT2D eigenvalue weighted by atomic mass is 10.2. The number of nitrogens with zero attached hydrogens (tertiary/aromatic N) is 2. The highest BCUT2D eigenvalue weighted by Crippen LogP contribution is 2.36. The standard InChI is InChI=1S/C10H11N3O3/c1-14-6-3-4-12-10(15-2)9(6)7-5-8(11)13-16-7/h3-5H,1-2H3,(H2,11,13). The minimum Gasteiger partial charge on any atom is -0.496 e. The summed E-state index contributed by atoms with van der Waals surface area (Å²) >= 11 is 0. The van der Waals surface area contributed by atoms with E-state index in [1.165, 1.54) is 7.11 Å². The number of aromatic nitrogens is 2. The predicted molar refractivity (Wildman–Crippen MR) is 57.3 cm³/mol. The van der Waals surface area contributed by atoms with E-state index in [0.717, 1.165) is 0 Å². The van der Waals surface area contributed by atoms with Crippen molar-refractivity contribution in [1.29, 1.82) is 0 Å². The van der Waals surface area contributed by atoms with Crippen LogP contribution < -0.4 is 15.2 Å². The monoisotopic (exact) mass is 221 g/mol. The first-order valence-corrected chi connectivity index (χ1v) is 4.55. The Labute approximate surface area is 92.0 Å². The summed E-state index contributed by atoms with van der Waals surface area (Å²) in [7, 11) is 3.07. The maximum atomic E-state index is 5.49. The average molecular weight is 221 g/mol. The van der Waals surface area contributed by atoms with Crippen molar-refractivity contribution in [1.82, 2.24) is 10.1 Å². The topological polar surface area (TPSA) is 83.4 Å². The number of hydrogen-bond acceptors (Lipinski definition) is 6. The third-order valence-corrected chi connectivity index (χ3v) is 2.07. The van der Waals surface area contributed by atoms with Gasteiger partial charge in [-0.1, -0.05) is 5.16 Å². The third kappa shape index (κ3) is 1.65. The molecular weight excluding hydrogens is 210 g/mol. The van der Waals surface area contributed by atoms with Crippen LogP contribution in [-0.4, -0.2) is 24.4 Å². The third-order valence-electron chi connectivity index (χ3n) is 2.07. The van der Waals surface area contributed by atoms with Gasteiger partial charge >= 0.3 is 0 Å². The minimum absolute atomic E-state index is 0.294. The number of nitrogen functional groups attached to an aromatic ring is 1. The molecule has 2 aromatic heterocycles. The summed E-state index contributed by atoms with van der Waals surface area (Å²) in [5.74, 6) is 1.74. The van der Waals surface area contributed by atoms with Crippen molar-refractivity contribution in [2.45, 2.75) is 0 Å². The van der Waals surface area contributed by atoms with Gasteiger partial charge in [0.25, 0.3) is 0 Å². The molecule has 2 rings (SSSR count). The molecule has 0 aliphatic carbocycles. The quantitative estimate of drug-likeness (QED) is 0.841. The molecule has 0 aliphatic rings. The van der Waals surface area contributed by atoms with Crippen LogP contribution in [0.2, 0.25) is 0 Å². The Balaban J connectivity index is 2.60. The molecule has 0 fully saturated rings. The molecule has 0 aliphatic heterocycles. The molecule has 6 nitrogen and oxygen atoms in total. The summed E-state index contributed by atoms with van der Waals surface area (Å²) in [6.45, 7) is 0. The van der Waals surface area contributed by atoms with E-state index in [-0.39, 0.29) is 0 Å². The van der Waals surface area contributed by atoms with E-state index < -0.39 is 0 Å². The number of ether oxygens (including phenoxy) is 2. The van der Waals surface area contributed by atoms with Crippen molar-refractivity contribution >= 4 is 5.82 Å². The highest BCUT2D eigenvalue weighted by Gasteiger charge is 2.17. The molecule has 84 valence electrons. The predicted octanol–water partition coefficient (Wildman–Crippen LogP) is 1.34. The molecule has 2 heterocycles. The number of anilines is 1. The number of rotatable bonds is 3. The Bertz CT molecular complexity index is 474. The van der Waals surface area contributed by atoms with Gasteiger partial charge in [-0.15, -0.1) is 0 Å². The van der Waals surface area contributed by atoms with Gasteiger partial charge in [0.05, 0.1) is 14.2 Å². The fourth-order valence-electron chi connectivity index (χ4n) is 1.38. The summed E-state index contributed by atoms with van der Waals surface area (Å²) < 4.78 is 15.4. The Hall–Kier alpha value is -2.24. The molecule has 0 atom stereocenters. The summed E-state index contributed by atoms with van der Waals surface area (Å²) in [4.78, 5) is 4.06. The van der Waals surface area contributed by atoms with Gasteiger partial charge in [0.2, 0.25) is 5.88 Å². The molecule has 0 spiro atoms. The molecule has 2 aromatic rings. The van der Waals surface area contributed by atoms with Gasteiger partial charge in [-0.05, 0) is 6.07 Å². The maximum Gasteiger partial charge on any atom is 0.228 e. The average Bonchev–Trinajstić information content (AvgIpc) is 2.74. The molecule has 0 amide bonds. The van der Waals surface area contributed by atoms with E-state index in [4.69, 9.17) is 19.7 Å². The lowest BCUT2D eigenvalue weighted by molar-refractivity contribution is 0.377. The number of hydrogen-bond donors (Lipinski definition) is 1. The van der Waals surface area contributed by atoms with E-state index in [1.807, 2.05) is 0 Å². The van der Waals surface area contributed by atoms with Crippen LogP contribution in [0.5, 0.6) is 11.6 Å². The van der Waals surface area contributed by atoms with E-state index in [2.05, 4.69) is 10.1 Å². The van der Waals surface area contributed by atoms with Crippen LogP contribution in [0.4, 0.5) is 5.82 Å². The van der Waals surface area contributed by atoms with Crippen molar-refractivity contribution < 1.29 is 14.0 Å². The van der Waals surface area contributed by atoms with Crippen LogP contribution in [0.25, 0.3) is 11.3 Å². The van der Waals surface area contributed by atoms with Gasteiger partial charge in [0.1, 0.15) is 11.3 Å². The van der Waals surface area contributed by atoms with Crippen LogP contribution in [0, 0.1) is 0 Å². The van der Waals surface area contributed by atoms with Crippen LogP contribution >= 0.6 is 0 Å². The van der Waals surface area contributed by atoms with Gasteiger partial charge in [-0.25, -0.2) is 4.98 Å². The zero-order valence-corrected chi connectivity index (χ0v) is 8.93. The first kappa shape index (κ1) is 10.3. The van der Waals surface area contributed by atoms with Crippen molar-refractivity contribution in [2.75, 3.05) is 20.0 Å². The molecular formula is C10H11N3O3. The first-order valence-electron chi connectivity index (χ1n) is 4.55. The normalized spacial score (nSPS) is 10.1. The van der Waals surface area contributed by atoms with Gasteiger partial charge in [-0.3, -0.25) is 0 Å². The molecule has 16 heavy (non-hydrogen) atoms. The summed E-state index contributed by atoms with van der Waals surface area (Å²) in [5.41, 5.74) is 6.09. The largest absolute Gasteiger partial charge is 0.496 e. The lowest BCUT2D eigenvalue weighted by Crippen LogP contribution is -1.94. The minimum atomic E-state index is 0.294. The molecule has 0 unspecified atom stereocenters. The number of pyridine rings is 1. The van der Waals surface area contributed by atoms with Gasteiger partial charge in [0, 0.05) is 12.3 Å². The maximum absolute atomic E-state index is 5.49. The molecule has 0 aromatic carbocycles. The molecule has 0 saturated carbocycles. The Morgan fingerprint density at radius 2 is 2.12 bits per heavy atom. The van der Waals surface area contributed by atoms with Crippen molar-refractivity contribution in [2.24, 2.45) is 0 Å². The van der Waals surface area contributed by atoms with E-state index >= 15 is 0 Å². The zero-order valence-electron chi connectivity index (χ0n) is 8.93. The highest BCUT2D eigenvalue weighted by atomic mass is 16.5. The summed E-state index contributed by atoms with van der Waals surface area (Å²) in [6.07, 6.45) is 1.58.